The molecule has 2 nitrogen and oxygen atoms in total. The monoisotopic (exact) mass is 232 g/mol. The first-order valence-electron chi connectivity index (χ1n) is 3.78. The van der Waals surface area contributed by atoms with E-state index in [-0.39, 0.29) is 32.7 Å². The molecular formula is C8H17NOY. The van der Waals surface area contributed by atoms with Crippen molar-refractivity contribution in [3.8, 4) is 0 Å². The zero-order chi connectivity index (χ0) is 8.20. The molecule has 0 aromatic heterocycles. The summed E-state index contributed by atoms with van der Waals surface area (Å²) < 4.78 is 0. The molecule has 63 valence electrons. The van der Waals surface area contributed by atoms with Gasteiger partial charge in [0.2, 0.25) is 0 Å². The average molecular weight is 232 g/mol. The van der Waals surface area contributed by atoms with Gasteiger partial charge in [0.05, 0.1) is 5.60 Å². The third-order valence-corrected chi connectivity index (χ3v) is 1.86. The number of rotatable bonds is 3. The molecule has 0 bridgehead atoms. The Bertz CT molecular complexity index is 132. The topological polar surface area (TPSA) is 32.6 Å². The van der Waals surface area contributed by atoms with Gasteiger partial charge in [-0.1, -0.05) is 6.92 Å². The van der Waals surface area contributed by atoms with Crippen molar-refractivity contribution >= 4 is 5.71 Å². The molecule has 3 heteroatoms. The van der Waals surface area contributed by atoms with E-state index >= 15 is 0 Å². The van der Waals surface area contributed by atoms with Crippen LogP contribution in [0.3, 0.4) is 0 Å². The summed E-state index contributed by atoms with van der Waals surface area (Å²) in [7, 11) is 0. The molecule has 0 aromatic rings. The van der Waals surface area contributed by atoms with Crippen LogP contribution in [-0.4, -0.2) is 23.0 Å². The van der Waals surface area contributed by atoms with Crippen LogP contribution in [0, 0.1) is 0 Å². The maximum Gasteiger partial charge on any atom is 0.0988 e. The predicted molar refractivity (Wildman–Crippen MR) is 44.6 cm³/mol. The molecule has 0 rings (SSSR count). The molecule has 0 aliphatic carbocycles. The first-order valence-corrected chi connectivity index (χ1v) is 3.78. The number of aliphatic imine (C=N–C) groups is 1. The summed E-state index contributed by atoms with van der Waals surface area (Å²) >= 11 is 0. The van der Waals surface area contributed by atoms with Crippen LogP contribution in [-0.2, 0) is 32.7 Å². The second-order valence-electron chi connectivity index (χ2n) is 2.69. The minimum Gasteiger partial charge on any atom is -0.384 e. The molecule has 0 heterocycles. The van der Waals surface area contributed by atoms with Gasteiger partial charge in [0.25, 0.3) is 0 Å². The van der Waals surface area contributed by atoms with Gasteiger partial charge in [0, 0.05) is 45.0 Å². The zero-order valence-corrected chi connectivity index (χ0v) is 10.7. The molecule has 0 spiro atoms. The van der Waals surface area contributed by atoms with E-state index in [0.29, 0.717) is 0 Å². The molecule has 1 radical (unpaired) electrons. The van der Waals surface area contributed by atoms with E-state index in [1.54, 1.807) is 6.92 Å². The van der Waals surface area contributed by atoms with E-state index in [1.807, 2.05) is 20.8 Å². The Morgan fingerprint density at radius 1 is 1.45 bits per heavy atom. The average Bonchev–Trinajstić information content (AvgIpc) is 1.89. The summed E-state index contributed by atoms with van der Waals surface area (Å²) in [5.41, 5.74) is 0.133. The number of nitrogens with zero attached hydrogens (tertiary/aromatic N) is 1. The summed E-state index contributed by atoms with van der Waals surface area (Å²) in [5, 5.41) is 9.59. The summed E-state index contributed by atoms with van der Waals surface area (Å²) in [5.74, 6) is 0. The van der Waals surface area contributed by atoms with E-state index in [0.717, 1.165) is 18.7 Å². The van der Waals surface area contributed by atoms with Gasteiger partial charge in [-0.15, -0.1) is 0 Å². The van der Waals surface area contributed by atoms with Crippen LogP contribution < -0.4 is 0 Å². The normalized spacial score (nSPS) is 17.0. The second kappa shape index (κ2) is 6.27. The fraction of sp³-hybridized carbons (Fsp3) is 0.875. The van der Waals surface area contributed by atoms with Gasteiger partial charge in [-0.3, -0.25) is 4.99 Å². The Kier molecular flexibility index (Phi) is 8.14. The molecule has 1 atom stereocenters. The predicted octanol–water partition coefficient (Wildman–Crippen LogP) is 1.63. The maximum absolute atomic E-state index is 9.59. The minimum absolute atomic E-state index is 0. The Morgan fingerprint density at radius 3 is 2.18 bits per heavy atom. The van der Waals surface area contributed by atoms with Crippen LogP contribution in [0.15, 0.2) is 4.99 Å². The van der Waals surface area contributed by atoms with Crippen LogP contribution in [0.4, 0.5) is 0 Å². The van der Waals surface area contributed by atoms with E-state index in [1.165, 1.54) is 0 Å². The zero-order valence-electron chi connectivity index (χ0n) is 7.89. The van der Waals surface area contributed by atoms with Crippen molar-refractivity contribution in [3.63, 3.8) is 0 Å². The molecule has 0 aliphatic rings. The smallest absolute Gasteiger partial charge is 0.0988 e. The molecule has 0 aliphatic heterocycles. The number of hydrogen-bond acceptors (Lipinski definition) is 2. The van der Waals surface area contributed by atoms with E-state index in [9.17, 15) is 5.11 Å². The summed E-state index contributed by atoms with van der Waals surface area (Å²) in [6, 6.07) is 0. The minimum atomic E-state index is -0.698. The third kappa shape index (κ3) is 5.05. The Morgan fingerprint density at radius 2 is 1.91 bits per heavy atom. The van der Waals surface area contributed by atoms with Crippen molar-refractivity contribution < 1.29 is 37.8 Å². The first kappa shape index (κ1) is 14.3. The molecule has 0 fully saturated rings. The molecule has 0 saturated heterocycles. The van der Waals surface area contributed by atoms with Crippen molar-refractivity contribution in [2.75, 3.05) is 6.54 Å². The fourth-order valence-corrected chi connectivity index (χ4v) is 0.663. The largest absolute Gasteiger partial charge is 0.384 e. The SMILES string of the molecule is CCN=C(C)C(C)(O)CC.[Y]. The van der Waals surface area contributed by atoms with Gasteiger partial charge in [-0.2, -0.15) is 0 Å². The Labute approximate surface area is 94.4 Å². The summed E-state index contributed by atoms with van der Waals surface area (Å²) in [6.07, 6.45) is 0.725. The standard InChI is InChI=1S/C8H17NO.Y/c1-5-8(4,10)7(3)9-6-2;/h10H,5-6H2,1-4H3;. The molecule has 11 heavy (non-hydrogen) atoms. The molecule has 1 unspecified atom stereocenters. The summed E-state index contributed by atoms with van der Waals surface area (Å²) in [6.45, 7) is 8.33. The second-order valence-corrected chi connectivity index (χ2v) is 2.69. The Hall–Kier alpha value is 0.734. The fourth-order valence-electron chi connectivity index (χ4n) is 0.663. The van der Waals surface area contributed by atoms with Crippen LogP contribution in [0.2, 0.25) is 0 Å². The first-order chi connectivity index (χ1) is 4.54. The van der Waals surface area contributed by atoms with Gasteiger partial charge in [0.1, 0.15) is 0 Å². The van der Waals surface area contributed by atoms with Gasteiger partial charge in [-0.05, 0) is 27.2 Å². The van der Waals surface area contributed by atoms with Crippen molar-refractivity contribution in [2.24, 2.45) is 4.99 Å². The third-order valence-electron chi connectivity index (χ3n) is 1.86. The molecule has 1 N–H and O–H groups in total. The van der Waals surface area contributed by atoms with Gasteiger partial charge in [-0.25, -0.2) is 0 Å². The van der Waals surface area contributed by atoms with E-state index < -0.39 is 5.60 Å². The maximum atomic E-state index is 9.59. The quantitative estimate of drug-likeness (QED) is 0.737. The van der Waals surface area contributed by atoms with E-state index in [4.69, 9.17) is 0 Å². The molecule has 0 aromatic carbocycles. The van der Waals surface area contributed by atoms with Crippen LogP contribution >= 0.6 is 0 Å². The van der Waals surface area contributed by atoms with Crippen LogP contribution in [0.1, 0.15) is 34.1 Å². The van der Waals surface area contributed by atoms with Crippen molar-refractivity contribution in [1.82, 2.24) is 0 Å². The van der Waals surface area contributed by atoms with Crippen molar-refractivity contribution in [1.29, 1.82) is 0 Å². The summed E-state index contributed by atoms with van der Waals surface area (Å²) in [4.78, 5) is 4.13. The van der Waals surface area contributed by atoms with Crippen LogP contribution in [0.25, 0.3) is 0 Å². The van der Waals surface area contributed by atoms with Gasteiger partial charge >= 0.3 is 0 Å². The number of aliphatic hydroxyl groups is 1. The van der Waals surface area contributed by atoms with E-state index in [2.05, 4.69) is 4.99 Å². The molecule has 0 amide bonds. The van der Waals surface area contributed by atoms with Crippen molar-refractivity contribution in [2.45, 2.75) is 39.7 Å². The molecule has 0 saturated carbocycles. The number of hydrogen-bond donors (Lipinski definition) is 1. The molecular weight excluding hydrogens is 215 g/mol. The van der Waals surface area contributed by atoms with Crippen LogP contribution in [0.5, 0.6) is 0 Å². The van der Waals surface area contributed by atoms with Gasteiger partial charge in [0.15, 0.2) is 0 Å². The van der Waals surface area contributed by atoms with Gasteiger partial charge < -0.3 is 5.11 Å². The van der Waals surface area contributed by atoms with Crippen molar-refractivity contribution in [3.05, 3.63) is 0 Å². The Balaban J connectivity index is 0.